The summed E-state index contributed by atoms with van der Waals surface area (Å²) in [5.41, 5.74) is 1.10. The van der Waals surface area contributed by atoms with E-state index in [1.165, 1.54) is 0 Å². The minimum Gasteiger partial charge on any atom is -0.477 e. The Morgan fingerprint density at radius 2 is 2.35 bits per heavy atom. The van der Waals surface area contributed by atoms with Gasteiger partial charge in [0.2, 0.25) is 0 Å². The lowest BCUT2D eigenvalue weighted by Gasteiger charge is -1.99. The molecule has 0 saturated carbocycles. The number of imidazole rings is 1. The van der Waals surface area contributed by atoms with Crippen LogP contribution >= 0.6 is 0 Å². The minimum absolute atomic E-state index is 0.135. The molecule has 0 aliphatic carbocycles. The van der Waals surface area contributed by atoms with Crippen molar-refractivity contribution in [3.8, 4) is 11.4 Å². The van der Waals surface area contributed by atoms with E-state index in [-0.39, 0.29) is 5.56 Å². The van der Waals surface area contributed by atoms with E-state index in [1.54, 1.807) is 24.1 Å². The molecule has 0 amide bonds. The zero-order chi connectivity index (χ0) is 12.4. The number of aromatic carboxylic acids is 1. The predicted octanol–water partition coefficient (Wildman–Crippen LogP) is 1.73. The second kappa shape index (κ2) is 4.40. The summed E-state index contributed by atoms with van der Waals surface area (Å²) >= 11 is 0. The van der Waals surface area contributed by atoms with Crippen LogP contribution in [0.2, 0.25) is 0 Å². The molecular weight excluding hydrogens is 222 g/mol. The summed E-state index contributed by atoms with van der Waals surface area (Å²) in [6.07, 6.45) is 4.53. The second-order valence-electron chi connectivity index (χ2n) is 3.77. The quantitative estimate of drug-likeness (QED) is 0.872. The third kappa shape index (κ3) is 1.93. The molecule has 0 unspecified atom stereocenters. The van der Waals surface area contributed by atoms with Crippen molar-refractivity contribution in [1.29, 1.82) is 0 Å². The normalized spacial score (nSPS) is 10.7. The Morgan fingerprint density at radius 3 is 2.88 bits per heavy atom. The molecule has 6 heteroatoms. The lowest BCUT2D eigenvalue weighted by molar-refractivity contribution is 0.0695. The highest BCUT2D eigenvalue weighted by Crippen LogP contribution is 2.25. The van der Waals surface area contributed by atoms with Crippen molar-refractivity contribution in [2.24, 2.45) is 7.05 Å². The summed E-state index contributed by atoms with van der Waals surface area (Å²) in [5, 5.41) is 13.1. The van der Waals surface area contributed by atoms with Crippen LogP contribution in [-0.4, -0.2) is 25.8 Å². The fraction of sp³-hybridized carbons (Fsp3) is 0.364. The summed E-state index contributed by atoms with van der Waals surface area (Å²) in [4.78, 5) is 15.2. The average molecular weight is 235 g/mol. The van der Waals surface area contributed by atoms with Crippen LogP contribution in [0.1, 0.15) is 29.5 Å². The standard InChI is InChI=1S/C11H13N3O3/c1-3-4-8-9(11(15)16)10(13-17-8)7-5-12-6-14(7)2/h5-6H,3-4H2,1-2H3,(H,15,16). The van der Waals surface area contributed by atoms with Gasteiger partial charge in [-0.1, -0.05) is 12.1 Å². The molecule has 0 radical (unpaired) electrons. The average Bonchev–Trinajstić information content (AvgIpc) is 2.84. The molecule has 0 aromatic carbocycles. The van der Waals surface area contributed by atoms with Crippen molar-refractivity contribution in [3.63, 3.8) is 0 Å². The van der Waals surface area contributed by atoms with E-state index in [4.69, 9.17) is 4.52 Å². The van der Waals surface area contributed by atoms with Crippen LogP contribution in [0.4, 0.5) is 0 Å². The highest BCUT2D eigenvalue weighted by molar-refractivity contribution is 5.95. The van der Waals surface area contributed by atoms with Gasteiger partial charge < -0.3 is 14.2 Å². The largest absolute Gasteiger partial charge is 0.477 e. The summed E-state index contributed by atoms with van der Waals surface area (Å²) < 4.78 is 6.81. The Bertz CT molecular complexity index is 542. The monoisotopic (exact) mass is 235 g/mol. The highest BCUT2D eigenvalue weighted by atomic mass is 16.5. The maximum atomic E-state index is 11.3. The zero-order valence-electron chi connectivity index (χ0n) is 9.67. The predicted molar refractivity (Wildman–Crippen MR) is 59.7 cm³/mol. The van der Waals surface area contributed by atoms with Gasteiger partial charge in [-0.2, -0.15) is 0 Å². The molecule has 6 nitrogen and oxygen atoms in total. The van der Waals surface area contributed by atoms with Gasteiger partial charge in [-0.25, -0.2) is 9.78 Å². The number of aryl methyl sites for hydroxylation is 2. The van der Waals surface area contributed by atoms with E-state index >= 15 is 0 Å². The van der Waals surface area contributed by atoms with Crippen LogP contribution in [0, 0.1) is 0 Å². The Balaban J connectivity index is 2.55. The topological polar surface area (TPSA) is 81.2 Å². The van der Waals surface area contributed by atoms with Crippen molar-refractivity contribution in [2.45, 2.75) is 19.8 Å². The van der Waals surface area contributed by atoms with Crippen molar-refractivity contribution in [1.82, 2.24) is 14.7 Å². The van der Waals surface area contributed by atoms with E-state index in [0.29, 0.717) is 23.6 Å². The van der Waals surface area contributed by atoms with Gasteiger partial charge in [0.1, 0.15) is 11.3 Å². The fourth-order valence-corrected chi connectivity index (χ4v) is 1.70. The van der Waals surface area contributed by atoms with E-state index in [2.05, 4.69) is 10.1 Å². The third-order valence-electron chi connectivity index (χ3n) is 2.51. The van der Waals surface area contributed by atoms with Crippen LogP contribution in [0.3, 0.4) is 0 Å². The van der Waals surface area contributed by atoms with Crippen LogP contribution in [0.15, 0.2) is 17.0 Å². The Hall–Kier alpha value is -2.11. The molecule has 17 heavy (non-hydrogen) atoms. The molecule has 0 aliphatic rings. The fourth-order valence-electron chi connectivity index (χ4n) is 1.70. The number of hydrogen-bond acceptors (Lipinski definition) is 4. The number of rotatable bonds is 4. The lowest BCUT2D eigenvalue weighted by atomic mass is 10.1. The van der Waals surface area contributed by atoms with Crippen LogP contribution in [-0.2, 0) is 13.5 Å². The van der Waals surface area contributed by atoms with Gasteiger partial charge in [0.25, 0.3) is 0 Å². The molecule has 1 N–H and O–H groups in total. The number of carbonyl (C=O) groups is 1. The molecule has 2 aromatic rings. The first kappa shape index (κ1) is 11.4. The van der Waals surface area contributed by atoms with Gasteiger partial charge in [0.05, 0.1) is 18.2 Å². The molecule has 90 valence electrons. The number of nitrogens with zero attached hydrogens (tertiary/aromatic N) is 3. The number of aromatic nitrogens is 3. The SMILES string of the molecule is CCCc1onc(-c2cncn2C)c1C(=O)O. The summed E-state index contributed by atoms with van der Waals surface area (Å²) in [6.45, 7) is 1.96. The maximum Gasteiger partial charge on any atom is 0.341 e. The molecule has 0 aliphatic heterocycles. The van der Waals surface area contributed by atoms with E-state index < -0.39 is 5.97 Å². The van der Waals surface area contributed by atoms with Gasteiger partial charge in [0.15, 0.2) is 5.76 Å². The summed E-state index contributed by atoms with van der Waals surface area (Å²) in [7, 11) is 1.78. The van der Waals surface area contributed by atoms with Crippen molar-refractivity contribution in [3.05, 3.63) is 23.8 Å². The van der Waals surface area contributed by atoms with Gasteiger partial charge in [-0.15, -0.1) is 0 Å². The van der Waals surface area contributed by atoms with Crippen molar-refractivity contribution in [2.75, 3.05) is 0 Å². The molecule has 0 bridgehead atoms. The van der Waals surface area contributed by atoms with Gasteiger partial charge in [0, 0.05) is 13.5 Å². The molecule has 0 atom stereocenters. The van der Waals surface area contributed by atoms with Gasteiger partial charge >= 0.3 is 5.97 Å². The van der Waals surface area contributed by atoms with Crippen molar-refractivity contribution >= 4 is 5.97 Å². The summed E-state index contributed by atoms with van der Waals surface area (Å²) in [5.74, 6) is -0.609. The molecule has 0 spiro atoms. The van der Waals surface area contributed by atoms with Crippen LogP contribution < -0.4 is 0 Å². The number of carboxylic acids is 1. The highest BCUT2D eigenvalue weighted by Gasteiger charge is 2.24. The van der Waals surface area contributed by atoms with Crippen LogP contribution in [0.5, 0.6) is 0 Å². The smallest absolute Gasteiger partial charge is 0.341 e. The van der Waals surface area contributed by atoms with Gasteiger partial charge in [-0.3, -0.25) is 0 Å². The Kier molecular flexibility index (Phi) is 2.95. The van der Waals surface area contributed by atoms with E-state index in [0.717, 1.165) is 6.42 Å². The minimum atomic E-state index is -1.02. The van der Waals surface area contributed by atoms with Crippen molar-refractivity contribution < 1.29 is 14.4 Å². The molecule has 0 saturated heterocycles. The second-order valence-corrected chi connectivity index (χ2v) is 3.77. The first-order chi connectivity index (χ1) is 8.15. The number of hydrogen-bond donors (Lipinski definition) is 1. The third-order valence-corrected chi connectivity index (χ3v) is 2.51. The van der Waals surface area contributed by atoms with E-state index in [9.17, 15) is 9.90 Å². The van der Waals surface area contributed by atoms with Crippen LogP contribution in [0.25, 0.3) is 11.4 Å². The maximum absolute atomic E-state index is 11.3. The molecule has 0 fully saturated rings. The molecular formula is C11H13N3O3. The van der Waals surface area contributed by atoms with E-state index in [1.807, 2.05) is 6.92 Å². The lowest BCUT2D eigenvalue weighted by Crippen LogP contribution is -2.03. The number of carboxylic acid groups (broad SMARTS) is 1. The zero-order valence-corrected chi connectivity index (χ0v) is 9.67. The Morgan fingerprint density at radius 1 is 1.59 bits per heavy atom. The summed E-state index contributed by atoms with van der Waals surface area (Å²) in [6, 6.07) is 0. The Labute approximate surface area is 97.9 Å². The molecule has 2 heterocycles. The first-order valence-electron chi connectivity index (χ1n) is 5.33. The molecule has 2 rings (SSSR count). The van der Waals surface area contributed by atoms with Gasteiger partial charge in [-0.05, 0) is 6.42 Å². The first-order valence-corrected chi connectivity index (χ1v) is 5.33. The molecule has 2 aromatic heterocycles.